The highest BCUT2D eigenvalue weighted by Gasteiger charge is 2.05. The number of phenolic OH excluding ortho intramolecular Hbond substituents is 1. The van der Waals surface area contributed by atoms with Gasteiger partial charge in [-0.1, -0.05) is 35.9 Å². The molecule has 1 heterocycles. The zero-order chi connectivity index (χ0) is 14.7. The van der Waals surface area contributed by atoms with E-state index in [2.05, 4.69) is 20.7 Å². The standard InChI is InChI=1S/C15H11ClN4O/c16-14-12-3-1-2-4-13(12)15(20-18-14)19-17-9-10-5-7-11(21)8-6-10/h1-9,21H,(H,19,20). The minimum atomic E-state index is 0.217. The Morgan fingerprint density at radius 3 is 2.48 bits per heavy atom. The Balaban J connectivity index is 1.85. The number of aromatic hydroxyl groups is 1. The molecule has 6 heteroatoms. The van der Waals surface area contributed by atoms with E-state index in [4.69, 9.17) is 11.6 Å². The fraction of sp³-hybridized carbons (Fsp3) is 0. The Morgan fingerprint density at radius 1 is 1.00 bits per heavy atom. The minimum Gasteiger partial charge on any atom is -0.508 e. The van der Waals surface area contributed by atoms with E-state index in [0.29, 0.717) is 11.0 Å². The normalized spacial score (nSPS) is 11.1. The maximum Gasteiger partial charge on any atom is 0.176 e. The van der Waals surface area contributed by atoms with Crippen LogP contribution in [0.15, 0.2) is 53.6 Å². The molecule has 0 bridgehead atoms. The fourth-order valence-electron chi connectivity index (χ4n) is 1.88. The van der Waals surface area contributed by atoms with E-state index in [1.54, 1.807) is 30.5 Å². The van der Waals surface area contributed by atoms with Crippen LogP contribution in [-0.2, 0) is 0 Å². The zero-order valence-corrected chi connectivity index (χ0v) is 11.6. The van der Waals surface area contributed by atoms with E-state index < -0.39 is 0 Å². The summed E-state index contributed by atoms with van der Waals surface area (Å²) in [6.07, 6.45) is 1.63. The molecule has 5 nitrogen and oxygen atoms in total. The molecular formula is C15H11ClN4O. The number of halogens is 1. The van der Waals surface area contributed by atoms with E-state index in [1.165, 1.54) is 0 Å². The molecule has 0 unspecified atom stereocenters. The molecular weight excluding hydrogens is 288 g/mol. The van der Waals surface area contributed by atoms with Gasteiger partial charge >= 0.3 is 0 Å². The number of aromatic nitrogens is 2. The number of hydrazone groups is 1. The number of anilines is 1. The van der Waals surface area contributed by atoms with Gasteiger partial charge in [0, 0.05) is 10.8 Å². The molecule has 3 aromatic rings. The number of hydrogen-bond acceptors (Lipinski definition) is 5. The Labute approximate surface area is 125 Å². The van der Waals surface area contributed by atoms with E-state index in [0.717, 1.165) is 16.3 Å². The van der Waals surface area contributed by atoms with Gasteiger partial charge in [0.25, 0.3) is 0 Å². The molecule has 0 radical (unpaired) electrons. The van der Waals surface area contributed by atoms with Gasteiger partial charge in [0.15, 0.2) is 11.0 Å². The van der Waals surface area contributed by atoms with Gasteiger partial charge in [-0.2, -0.15) is 5.10 Å². The number of phenols is 1. The predicted octanol–water partition coefficient (Wildman–Crippen LogP) is 3.43. The smallest absolute Gasteiger partial charge is 0.176 e. The van der Waals surface area contributed by atoms with E-state index in [9.17, 15) is 5.11 Å². The first-order chi connectivity index (χ1) is 10.2. The van der Waals surface area contributed by atoms with Crippen LogP contribution in [0.4, 0.5) is 5.82 Å². The molecule has 2 N–H and O–H groups in total. The van der Waals surface area contributed by atoms with Gasteiger partial charge in [-0.05, 0) is 29.8 Å². The van der Waals surface area contributed by atoms with Crippen LogP contribution in [0.3, 0.4) is 0 Å². The van der Waals surface area contributed by atoms with Crippen molar-refractivity contribution in [1.29, 1.82) is 0 Å². The Kier molecular flexibility index (Phi) is 3.66. The molecule has 0 saturated heterocycles. The Hall–Kier alpha value is -2.66. The topological polar surface area (TPSA) is 70.4 Å². The molecule has 2 aromatic carbocycles. The van der Waals surface area contributed by atoms with Crippen molar-refractivity contribution in [2.75, 3.05) is 5.43 Å². The highest BCUT2D eigenvalue weighted by atomic mass is 35.5. The summed E-state index contributed by atoms with van der Waals surface area (Å²) in [6, 6.07) is 14.3. The van der Waals surface area contributed by atoms with Gasteiger partial charge in [0.05, 0.1) is 6.21 Å². The van der Waals surface area contributed by atoms with Crippen molar-refractivity contribution in [2.24, 2.45) is 5.10 Å². The second-order valence-corrected chi connectivity index (χ2v) is 4.70. The maximum atomic E-state index is 9.21. The van der Waals surface area contributed by atoms with Gasteiger partial charge in [-0.25, -0.2) is 0 Å². The third-order valence-electron chi connectivity index (χ3n) is 2.92. The van der Waals surface area contributed by atoms with E-state index in [-0.39, 0.29) is 5.75 Å². The summed E-state index contributed by atoms with van der Waals surface area (Å²) in [6.45, 7) is 0. The first-order valence-corrected chi connectivity index (χ1v) is 6.61. The monoisotopic (exact) mass is 298 g/mol. The molecule has 0 saturated carbocycles. The van der Waals surface area contributed by atoms with Crippen LogP contribution in [0, 0.1) is 0 Å². The molecule has 21 heavy (non-hydrogen) atoms. The maximum absolute atomic E-state index is 9.21. The van der Waals surface area contributed by atoms with Crippen LogP contribution >= 0.6 is 11.6 Å². The lowest BCUT2D eigenvalue weighted by molar-refractivity contribution is 0.475. The van der Waals surface area contributed by atoms with E-state index >= 15 is 0 Å². The quantitative estimate of drug-likeness (QED) is 0.574. The summed E-state index contributed by atoms with van der Waals surface area (Å²) in [7, 11) is 0. The number of rotatable bonds is 3. The largest absolute Gasteiger partial charge is 0.508 e. The SMILES string of the molecule is Oc1ccc(C=NNc2nnc(Cl)c3ccccc23)cc1. The summed E-state index contributed by atoms with van der Waals surface area (Å²) in [5.41, 5.74) is 3.71. The second-order valence-electron chi connectivity index (χ2n) is 4.35. The predicted molar refractivity (Wildman–Crippen MR) is 83.9 cm³/mol. The minimum absolute atomic E-state index is 0.217. The van der Waals surface area contributed by atoms with Gasteiger partial charge in [-0.3, -0.25) is 5.43 Å². The highest BCUT2D eigenvalue weighted by Crippen LogP contribution is 2.25. The second kappa shape index (κ2) is 5.76. The van der Waals surface area contributed by atoms with Crippen LogP contribution in [0.1, 0.15) is 5.56 Å². The van der Waals surface area contributed by atoms with Crippen molar-refractivity contribution in [3.63, 3.8) is 0 Å². The third-order valence-corrected chi connectivity index (χ3v) is 3.20. The third kappa shape index (κ3) is 2.93. The average Bonchev–Trinajstić information content (AvgIpc) is 2.52. The summed E-state index contributed by atoms with van der Waals surface area (Å²) < 4.78 is 0. The first kappa shape index (κ1) is 13.3. The first-order valence-electron chi connectivity index (χ1n) is 6.23. The van der Waals surface area contributed by atoms with Gasteiger partial charge in [0.1, 0.15) is 5.75 Å². The summed E-state index contributed by atoms with van der Waals surface area (Å²) in [5.74, 6) is 0.750. The van der Waals surface area contributed by atoms with Crippen LogP contribution in [0.25, 0.3) is 10.8 Å². The van der Waals surface area contributed by atoms with Crippen LogP contribution < -0.4 is 5.43 Å². The highest BCUT2D eigenvalue weighted by molar-refractivity contribution is 6.34. The lowest BCUT2D eigenvalue weighted by Crippen LogP contribution is -1.97. The number of fused-ring (bicyclic) bond motifs is 1. The van der Waals surface area contributed by atoms with Gasteiger partial charge < -0.3 is 5.11 Å². The molecule has 0 atom stereocenters. The number of nitrogens with one attached hydrogen (secondary N) is 1. The van der Waals surface area contributed by atoms with Crippen molar-refractivity contribution >= 4 is 34.4 Å². The van der Waals surface area contributed by atoms with E-state index in [1.807, 2.05) is 24.3 Å². The molecule has 3 rings (SSSR count). The number of hydrogen-bond donors (Lipinski definition) is 2. The Bertz CT molecular complexity index is 802. The molecule has 0 amide bonds. The summed E-state index contributed by atoms with van der Waals surface area (Å²) in [4.78, 5) is 0. The fourth-order valence-corrected chi connectivity index (χ4v) is 2.08. The molecule has 0 fully saturated rings. The number of nitrogens with zero attached hydrogens (tertiary/aromatic N) is 3. The van der Waals surface area contributed by atoms with Crippen LogP contribution in [0.5, 0.6) is 5.75 Å². The summed E-state index contributed by atoms with van der Waals surface area (Å²) >= 11 is 6.01. The van der Waals surface area contributed by atoms with Crippen molar-refractivity contribution < 1.29 is 5.11 Å². The lowest BCUT2D eigenvalue weighted by Gasteiger charge is -2.04. The number of benzene rings is 2. The molecule has 1 aromatic heterocycles. The molecule has 0 aliphatic heterocycles. The van der Waals surface area contributed by atoms with Crippen LogP contribution in [0.2, 0.25) is 5.15 Å². The zero-order valence-electron chi connectivity index (χ0n) is 10.9. The average molecular weight is 299 g/mol. The van der Waals surface area contributed by atoms with Gasteiger partial charge in [0.2, 0.25) is 0 Å². The van der Waals surface area contributed by atoms with Crippen molar-refractivity contribution in [3.8, 4) is 5.75 Å². The Morgan fingerprint density at radius 2 is 1.71 bits per heavy atom. The van der Waals surface area contributed by atoms with Gasteiger partial charge in [-0.15, -0.1) is 10.2 Å². The lowest BCUT2D eigenvalue weighted by atomic mass is 10.2. The molecule has 0 aliphatic rings. The molecule has 0 spiro atoms. The molecule has 104 valence electrons. The summed E-state index contributed by atoms with van der Waals surface area (Å²) in [5, 5.41) is 23.3. The van der Waals surface area contributed by atoms with Crippen LogP contribution in [-0.4, -0.2) is 21.5 Å². The van der Waals surface area contributed by atoms with Crippen molar-refractivity contribution in [1.82, 2.24) is 10.2 Å². The van der Waals surface area contributed by atoms with Crippen molar-refractivity contribution in [3.05, 3.63) is 59.2 Å². The molecule has 0 aliphatic carbocycles. The van der Waals surface area contributed by atoms with Crippen molar-refractivity contribution in [2.45, 2.75) is 0 Å².